The van der Waals surface area contributed by atoms with E-state index in [9.17, 15) is 4.57 Å². The summed E-state index contributed by atoms with van der Waals surface area (Å²) in [7, 11) is 1.25. The molecule has 0 amide bonds. The second-order valence-corrected chi connectivity index (χ2v) is 13.8. The minimum absolute atomic E-state index is 0.402. The molecule has 1 aliphatic rings. The Morgan fingerprint density at radius 1 is 1.14 bits per heavy atom. The number of nitrogens with one attached hydrogen (secondary N) is 2. The largest absolute Gasteiger partial charge is 0.494 e. The fourth-order valence-electron chi connectivity index (χ4n) is 4.21. The average Bonchev–Trinajstić information content (AvgIpc) is 3.28. The Balaban J connectivity index is 1.52. The van der Waals surface area contributed by atoms with Gasteiger partial charge < -0.3 is 24.8 Å². The number of rotatable bonds is 6. The van der Waals surface area contributed by atoms with Gasteiger partial charge in [0.1, 0.15) is 18.7 Å². The second kappa shape index (κ2) is 9.84. The molecule has 3 heterocycles. The van der Waals surface area contributed by atoms with Gasteiger partial charge in [0, 0.05) is 48.8 Å². The maximum Gasteiger partial charge on any atom is 0.229 e. The molecule has 1 aliphatic heterocycles. The number of anilines is 5. The third-order valence-electron chi connectivity index (χ3n) is 6.03. The molecule has 0 radical (unpaired) electrons. The number of ether oxygens (including phenoxy) is 1. The Morgan fingerprint density at radius 3 is 2.72 bits per heavy atom. The number of hydrogen-bond acceptors (Lipinski definition) is 9. The van der Waals surface area contributed by atoms with Gasteiger partial charge in [-0.25, -0.2) is 9.97 Å². The summed E-state index contributed by atoms with van der Waals surface area (Å²) in [6.07, 6.45) is 2.58. The molecule has 0 atom stereocenters. The first-order valence-electron chi connectivity index (χ1n) is 11.3. The van der Waals surface area contributed by atoms with E-state index in [1.165, 1.54) is 4.88 Å². The van der Waals surface area contributed by atoms with E-state index < -0.39 is 7.14 Å². The molecule has 36 heavy (non-hydrogen) atoms. The van der Waals surface area contributed by atoms with Crippen LogP contribution in [0.4, 0.5) is 28.8 Å². The van der Waals surface area contributed by atoms with Gasteiger partial charge in [0.2, 0.25) is 5.95 Å². The van der Waals surface area contributed by atoms with Gasteiger partial charge in [0.25, 0.3) is 0 Å². The first kappa shape index (κ1) is 24.7. The average molecular weight is 585 g/mol. The number of aromatic nitrogens is 3. The molecule has 2 N–H and O–H groups in total. The summed E-state index contributed by atoms with van der Waals surface area (Å²) in [5.74, 6) is 1.66. The van der Waals surface area contributed by atoms with Crippen LogP contribution < -0.4 is 25.6 Å². The van der Waals surface area contributed by atoms with Gasteiger partial charge in [-0.05, 0) is 47.5 Å². The molecule has 2 aromatic heterocycles. The third-order valence-corrected chi connectivity index (χ3v) is 9.06. The number of benzene rings is 2. The van der Waals surface area contributed by atoms with Gasteiger partial charge in [-0.15, -0.1) is 11.3 Å². The van der Waals surface area contributed by atoms with Crippen molar-refractivity contribution in [2.24, 2.45) is 0 Å². The summed E-state index contributed by atoms with van der Waals surface area (Å²) in [5, 5.41) is 7.42. The number of likely N-dealkylation sites (N-methyl/N-ethyl adjacent to an activating group) is 1. The highest BCUT2D eigenvalue weighted by Crippen LogP contribution is 2.44. The molecule has 0 aliphatic carbocycles. The summed E-state index contributed by atoms with van der Waals surface area (Å²) < 4.78 is 19.2. The van der Waals surface area contributed by atoms with E-state index in [1.54, 1.807) is 38.0 Å². The quantitative estimate of drug-likeness (QED) is 0.263. The zero-order chi connectivity index (χ0) is 25.4. The predicted molar refractivity (Wildman–Crippen MR) is 153 cm³/mol. The highest BCUT2D eigenvalue weighted by atomic mass is 79.9. The standard InChI is InChI=1S/C25H26BrN6O2PS/c1-32-10-9-18-23(36-14-28-18)15-11-19(21(34-2)12-20(15)32)30-25-27-13-16(26)24(31-25)29-17-7-5-6-8-22(17)35(3,4)33/h5-8,11-14H,9-10H2,1-4H3,(H2,27,29,30,31). The van der Waals surface area contributed by atoms with Gasteiger partial charge in [-0.1, -0.05) is 12.1 Å². The Bertz CT molecular complexity index is 1490. The molecule has 2 aromatic carbocycles. The molecule has 0 fully saturated rings. The zero-order valence-electron chi connectivity index (χ0n) is 20.4. The van der Waals surface area contributed by atoms with Crippen molar-refractivity contribution in [1.29, 1.82) is 0 Å². The molecule has 5 rings (SSSR count). The zero-order valence-corrected chi connectivity index (χ0v) is 23.7. The lowest BCUT2D eigenvalue weighted by Crippen LogP contribution is -2.19. The number of fused-ring (bicyclic) bond motifs is 3. The summed E-state index contributed by atoms with van der Waals surface area (Å²) in [4.78, 5) is 17.1. The highest BCUT2D eigenvalue weighted by molar-refractivity contribution is 9.10. The van der Waals surface area contributed by atoms with Crippen LogP contribution in [-0.2, 0) is 11.0 Å². The molecular weight excluding hydrogens is 559 g/mol. The van der Waals surface area contributed by atoms with E-state index in [0.717, 1.165) is 46.6 Å². The lowest BCUT2D eigenvalue weighted by atomic mass is 10.1. The van der Waals surface area contributed by atoms with Crippen LogP contribution >= 0.6 is 34.4 Å². The Labute approximate surface area is 222 Å². The number of thiazole rings is 1. The van der Waals surface area contributed by atoms with Crippen LogP contribution in [0.2, 0.25) is 0 Å². The number of hydrogen-bond donors (Lipinski definition) is 2. The predicted octanol–water partition coefficient (Wildman–Crippen LogP) is 6.10. The second-order valence-electron chi connectivity index (χ2n) is 8.88. The Morgan fingerprint density at radius 2 is 1.94 bits per heavy atom. The van der Waals surface area contributed by atoms with Crippen LogP contribution in [0.1, 0.15) is 5.69 Å². The molecule has 0 spiro atoms. The van der Waals surface area contributed by atoms with Crippen molar-refractivity contribution in [3.63, 3.8) is 0 Å². The van der Waals surface area contributed by atoms with E-state index in [1.807, 2.05) is 35.8 Å². The van der Waals surface area contributed by atoms with Crippen LogP contribution in [0.15, 0.2) is 52.6 Å². The summed E-state index contributed by atoms with van der Waals surface area (Å²) in [6, 6.07) is 11.7. The Kier molecular flexibility index (Phi) is 6.76. The van der Waals surface area contributed by atoms with Crippen LogP contribution in [0.5, 0.6) is 5.75 Å². The molecular formula is C25H26BrN6O2PS. The van der Waals surface area contributed by atoms with Gasteiger partial charge in [-0.3, -0.25) is 0 Å². The fourth-order valence-corrected chi connectivity index (χ4v) is 6.52. The molecule has 8 nitrogen and oxygen atoms in total. The Hall–Kier alpha value is -2.94. The summed E-state index contributed by atoms with van der Waals surface area (Å²) >= 11 is 5.18. The number of para-hydroxylation sites is 1. The smallest absolute Gasteiger partial charge is 0.229 e. The minimum Gasteiger partial charge on any atom is -0.494 e. The SMILES string of the molecule is COc1cc2c(cc1Nc1ncc(Br)c(Nc3ccccc3P(C)(C)=O)n1)-c1scnc1CCN2C. The first-order chi connectivity index (χ1) is 17.2. The third kappa shape index (κ3) is 4.85. The normalized spacial score (nSPS) is 13.0. The van der Waals surface area contributed by atoms with Crippen molar-refractivity contribution in [2.75, 3.05) is 49.6 Å². The van der Waals surface area contributed by atoms with E-state index in [4.69, 9.17) is 9.72 Å². The van der Waals surface area contributed by atoms with E-state index in [2.05, 4.69) is 54.5 Å². The number of halogens is 1. The molecule has 0 saturated heterocycles. The van der Waals surface area contributed by atoms with E-state index >= 15 is 0 Å². The van der Waals surface area contributed by atoms with Gasteiger partial charge in [0.15, 0.2) is 0 Å². The summed E-state index contributed by atoms with van der Waals surface area (Å²) in [5.41, 5.74) is 6.71. The molecule has 4 aromatic rings. The van der Waals surface area contributed by atoms with Crippen molar-refractivity contribution >= 4 is 68.5 Å². The fraction of sp³-hybridized carbons (Fsp3) is 0.240. The van der Waals surface area contributed by atoms with Crippen molar-refractivity contribution in [3.05, 3.63) is 58.3 Å². The van der Waals surface area contributed by atoms with Crippen molar-refractivity contribution in [2.45, 2.75) is 6.42 Å². The monoisotopic (exact) mass is 584 g/mol. The highest BCUT2D eigenvalue weighted by Gasteiger charge is 2.23. The lowest BCUT2D eigenvalue weighted by molar-refractivity contribution is 0.417. The van der Waals surface area contributed by atoms with Crippen LogP contribution in [0, 0.1) is 0 Å². The minimum atomic E-state index is -2.49. The van der Waals surface area contributed by atoms with Gasteiger partial charge >= 0.3 is 0 Å². The lowest BCUT2D eigenvalue weighted by Gasteiger charge is -2.22. The molecule has 0 bridgehead atoms. The van der Waals surface area contributed by atoms with Crippen molar-refractivity contribution in [1.82, 2.24) is 15.0 Å². The van der Waals surface area contributed by atoms with Crippen LogP contribution in [0.25, 0.3) is 10.4 Å². The maximum absolute atomic E-state index is 12.8. The number of methoxy groups -OCH3 is 1. The van der Waals surface area contributed by atoms with Crippen LogP contribution in [0.3, 0.4) is 0 Å². The molecule has 0 unspecified atom stereocenters. The maximum atomic E-state index is 12.8. The number of nitrogens with zero attached hydrogens (tertiary/aromatic N) is 4. The van der Waals surface area contributed by atoms with Gasteiger partial charge in [0.05, 0.1) is 39.0 Å². The topological polar surface area (TPSA) is 92.3 Å². The summed E-state index contributed by atoms with van der Waals surface area (Å²) in [6.45, 7) is 4.40. The first-order valence-corrected chi connectivity index (χ1v) is 15.6. The molecule has 0 saturated carbocycles. The van der Waals surface area contributed by atoms with Crippen molar-refractivity contribution < 1.29 is 9.30 Å². The van der Waals surface area contributed by atoms with E-state index in [0.29, 0.717) is 22.0 Å². The van der Waals surface area contributed by atoms with Gasteiger partial charge in [-0.2, -0.15) is 4.98 Å². The molecule has 186 valence electrons. The molecule has 11 heteroatoms. The van der Waals surface area contributed by atoms with Crippen LogP contribution in [-0.4, -0.2) is 49.0 Å². The van der Waals surface area contributed by atoms with E-state index in [-0.39, 0.29) is 0 Å². The van der Waals surface area contributed by atoms with Crippen molar-refractivity contribution in [3.8, 4) is 16.2 Å².